The molecule has 1 aromatic rings. The summed E-state index contributed by atoms with van der Waals surface area (Å²) in [5.41, 5.74) is 0. The van der Waals surface area contributed by atoms with E-state index in [0.29, 0.717) is 24.5 Å². The summed E-state index contributed by atoms with van der Waals surface area (Å²) >= 11 is 0. The molecule has 1 rings (SSSR count). The molecule has 0 aliphatic carbocycles. The van der Waals surface area contributed by atoms with Crippen LogP contribution in [0.25, 0.3) is 0 Å². The fourth-order valence-electron chi connectivity index (χ4n) is 1.59. The highest BCUT2D eigenvalue weighted by Gasteiger charge is 2.15. The van der Waals surface area contributed by atoms with Gasteiger partial charge in [-0.3, -0.25) is 9.59 Å². The largest absolute Gasteiger partial charge is 0.480 e. The molecule has 106 valence electrons. The fraction of sp³-hybridized carbons (Fsp3) is 0.583. The smallest absolute Gasteiger partial charge is 0.320 e. The SMILES string of the molecule is CCC[C@H](NCCC(=O)Nc1cc(C)on1)C(=O)O. The summed E-state index contributed by atoms with van der Waals surface area (Å²) in [7, 11) is 0. The first-order valence-corrected chi connectivity index (χ1v) is 6.22. The monoisotopic (exact) mass is 269 g/mol. The summed E-state index contributed by atoms with van der Waals surface area (Å²) in [6.07, 6.45) is 1.49. The highest BCUT2D eigenvalue weighted by atomic mass is 16.5. The van der Waals surface area contributed by atoms with E-state index >= 15 is 0 Å². The number of rotatable bonds is 8. The lowest BCUT2D eigenvalue weighted by molar-refractivity contribution is -0.139. The Hall–Kier alpha value is -1.89. The number of aromatic nitrogens is 1. The molecule has 1 aromatic heterocycles. The number of aryl methyl sites for hydroxylation is 1. The predicted molar refractivity (Wildman–Crippen MR) is 68.8 cm³/mol. The van der Waals surface area contributed by atoms with Crippen LogP contribution in [0.1, 0.15) is 31.9 Å². The zero-order valence-corrected chi connectivity index (χ0v) is 11.1. The standard InChI is InChI=1S/C12H19N3O4/c1-3-4-9(12(17)18)13-6-5-11(16)14-10-7-8(2)19-15-10/h7,9,13H,3-6H2,1-2H3,(H,17,18)(H,14,15,16)/t9-/m0/s1. The summed E-state index contributed by atoms with van der Waals surface area (Å²) in [5.74, 6) is -0.149. The van der Waals surface area contributed by atoms with Gasteiger partial charge in [0.1, 0.15) is 11.8 Å². The van der Waals surface area contributed by atoms with Gasteiger partial charge in [0.2, 0.25) is 5.91 Å². The first-order chi connectivity index (χ1) is 9.02. The average Bonchev–Trinajstić information content (AvgIpc) is 2.73. The van der Waals surface area contributed by atoms with E-state index in [9.17, 15) is 9.59 Å². The Labute approximate surface area is 111 Å². The van der Waals surface area contributed by atoms with Crippen LogP contribution >= 0.6 is 0 Å². The van der Waals surface area contributed by atoms with Gasteiger partial charge in [-0.25, -0.2) is 0 Å². The van der Waals surface area contributed by atoms with E-state index in [4.69, 9.17) is 9.63 Å². The lowest BCUT2D eigenvalue weighted by Crippen LogP contribution is -2.38. The zero-order chi connectivity index (χ0) is 14.3. The number of nitrogens with zero attached hydrogens (tertiary/aromatic N) is 1. The molecule has 1 amide bonds. The van der Waals surface area contributed by atoms with Crippen molar-refractivity contribution in [3.05, 3.63) is 11.8 Å². The van der Waals surface area contributed by atoms with Crippen LogP contribution in [0.5, 0.6) is 0 Å². The third-order valence-electron chi connectivity index (χ3n) is 2.51. The maximum absolute atomic E-state index is 11.6. The number of carbonyl (C=O) groups is 2. The van der Waals surface area contributed by atoms with Crippen LogP contribution < -0.4 is 10.6 Å². The van der Waals surface area contributed by atoms with Gasteiger partial charge in [0.05, 0.1) is 0 Å². The van der Waals surface area contributed by atoms with Gasteiger partial charge in [-0.05, 0) is 13.3 Å². The van der Waals surface area contributed by atoms with Crippen molar-refractivity contribution < 1.29 is 19.2 Å². The molecule has 0 radical (unpaired) electrons. The number of carboxylic acid groups (broad SMARTS) is 1. The zero-order valence-electron chi connectivity index (χ0n) is 11.1. The van der Waals surface area contributed by atoms with Crippen molar-refractivity contribution in [1.29, 1.82) is 0 Å². The Balaban J connectivity index is 2.28. The van der Waals surface area contributed by atoms with E-state index in [1.165, 1.54) is 0 Å². The number of anilines is 1. The first-order valence-electron chi connectivity index (χ1n) is 6.22. The second-order valence-electron chi connectivity index (χ2n) is 4.25. The Bertz CT molecular complexity index is 430. The minimum absolute atomic E-state index is 0.180. The molecule has 0 spiro atoms. The molecular formula is C12H19N3O4. The second-order valence-corrected chi connectivity index (χ2v) is 4.25. The van der Waals surface area contributed by atoms with Gasteiger partial charge in [-0.2, -0.15) is 0 Å². The minimum atomic E-state index is -0.894. The maximum atomic E-state index is 11.6. The number of carboxylic acids is 1. The van der Waals surface area contributed by atoms with Crippen molar-refractivity contribution >= 4 is 17.7 Å². The van der Waals surface area contributed by atoms with Crippen LogP contribution in [0.2, 0.25) is 0 Å². The number of carbonyl (C=O) groups excluding carboxylic acids is 1. The van der Waals surface area contributed by atoms with Crippen LogP contribution in [0.4, 0.5) is 5.82 Å². The van der Waals surface area contributed by atoms with Gasteiger partial charge in [0.25, 0.3) is 0 Å². The molecule has 0 saturated heterocycles. The van der Waals surface area contributed by atoms with Crippen LogP contribution in [0.3, 0.4) is 0 Å². The summed E-state index contributed by atoms with van der Waals surface area (Å²) in [4.78, 5) is 22.4. The number of aliphatic carboxylic acids is 1. The highest BCUT2D eigenvalue weighted by molar-refractivity contribution is 5.89. The lowest BCUT2D eigenvalue weighted by atomic mass is 10.1. The third kappa shape index (κ3) is 5.52. The Morgan fingerprint density at radius 1 is 1.53 bits per heavy atom. The van der Waals surface area contributed by atoms with E-state index in [2.05, 4.69) is 15.8 Å². The molecule has 1 atom stereocenters. The van der Waals surface area contributed by atoms with Crippen molar-refractivity contribution in [3.63, 3.8) is 0 Å². The molecule has 0 aromatic carbocycles. The van der Waals surface area contributed by atoms with E-state index < -0.39 is 12.0 Å². The molecule has 0 saturated carbocycles. The van der Waals surface area contributed by atoms with Crippen molar-refractivity contribution in [2.45, 2.75) is 39.2 Å². The minimum Gasteiger partial charge on any atom is -0.480 e. The molecule has 19 heavy (non-hydrogen) atoms. The Kier molecular flexibility index (Phi) is 6.01. The Morgan fingerprint density at radius 2 is 2.26 bits per heavy atom. The van der Waals surface area contributed by atoms with Crippen LogP contribution in [-0.4, -0.2) is 34.7 Å². The molecule has 0 bridgehead atoms. The highest BCUT2D eigenvalue weighted by Crippen LogP contribution is 2.07. The molecule has 0 unspecified atom stereocenters. The fourth-order valence-corrected chi connectivity index (χ4v) is 1.59. The maximum Gasteiger partial charge on any atom is 0.320 e. The molecule has 0 fully saturated rings. The van der Waals surface area contributed by atoms with Crippen molar-refractivity contribution in [2.75, 3.05) is 11.9 Å². The topological polar surface area (TPSA) is 104 Å². The van der Waals surface area contributed by atoms with Crippen molar-refractivity contribution in [1.82, 2.24) is 10.5 Å². The first kappa shape index (κ1) is 15.2. The summed E-state index contributed by atoms with van der Waals surface area (Å²) in [6.45, 7) is 3.95. The number of amides is 1. The van der Waals surface area contributed by atoms with E-state index in [1.54, 1.807) is 13.0 Å². The summed E-state index contributed by atoms with van der Waals surface area (Å²) < 4.78 is 4.81. The predicted octanol–water partition coefficient (Wildman–Crippen LogP) is 1.15. The van der Waals surface area contributed by atoms with E-state index in [1.807, 2.05) is 6.92 Å². The van der Waals surface area contributed by atoms with Crippen LogP contribution in [-0.2, 0) is 9.59 Å². The number of nitrogens with one attached hydrogen (secondary N) is 2. The molecule has 7 heteroatoms. The van der Waals surface area contributed by atoms with E-state index in [0.717, 1.165) is 6.42 Å². The molecule has 0 aliphatic heterocycles. The molecule has 3 N–H and O–H groups in total. The number of hydrogen-bond donors (Lipinski definition) is 3. The number of hydrogen-bond acceptors (Lipinski definition) is 5. The van der Waals surface area contributed by atoms with Gasteiger partial charge in [0, 0.05) is 19.0 Å². The van der Waals surface area contributed by atoms with Crippen LogP contribution in [0.15, 0.2) is 10.6 Å². The van der Waals surface area contributed by atoms with Gasteiger partial charge in [-0.1, -0.05) is 18.5 Å². The molecule has 7 nitrogen and oxygen atoms in total. The van der Waals surface area contributed by atoms with Gasteiger partial charge >= 0.3 is 5.97 Å². The van der Waals surface area contributed by atoms with Gasteiger partial charge < -0.3 is 20.3 Å². The molecule has 0 aliphatic rings. The summed E-state index contributed by atoms with van der Waals surface area (Å²) in [6, 6.07) is 1.01. The van der Waals surface area contributed by atoms with Gasteiger partial charge in [-0.15, -0.1) is 0 Å². The molecular weight excluding hydrogens is 250 g/mol. The van der Waals surface area contributed by atoms with Crippen LogP contribution in [0, 0.1) is 6.92 Å². The lowest BCUT2D eigenvalue weighted by Gasteiger charge is -2.12. The summed E-state index contributed by atoms with van der Waals surface area (Å²) in [5, 5.41) is 18.0. The molecule has 1 heterocycles. The van der Waals surface area contributed by atoms with E-state index in [-0.39, 0.29) is 12.3 Å². The van der Waals surface area contributed by atoms with Gasteiger partial charge in [0.15, 0.2) is 5.82 Å². The second kappa shape index (κ2) is 7.52. The van der Waals surface area contributed by atoms with Crippen molar-refractivity contribution in [3.8, 4) is 0 Å². The van der Waals surface area contributed by atoms with Crippen molar-refractivity contribution in [2.24, 2.45) is 0 Å². The third-order valence-corrected chi connectivity index (χ3v) is 2.51. The Morgan fingerprint density at radius 3 is 2.79 bits per heavy atom. The quantitative estimate of drug-likeness (QED) is 0.654. The normalized spacial score (nSPS) is 12.1. The average molecular weight is 269 g/mol.